The number of carbonyl (C=O) groups excluding carboxylic acids is 1. The van der Waals surface area contributed by atoms with Crippen LogP contribution in [0.5, 0.6) is 5.75 Å². The zero-order chi connectivity index (χ0) is 14.5. The van der Waals surface area contributed by atoms with E-state index in [1.165, 1.54) is 0 Å². The number of hydrogen-bond donors (Lipinski definition) is 1. The third-order valence-corrected chi connectivity index (χ3v) is 3.45. The Morgan fingerprint density at radius 1 is 1.58 bits per heavy atom. The van der Waals surface area contributed by atoms with E-state index in [4.69, 9.17) is 10.00 Å². The van der Waals surface area contributed by atoms with Crippen LogP contribution in [0.15, 0.2) is 28.7 Å². The van der Waals surface area contributed by atoms with Crippen LogP contribution in [0.3, 0.4) is 0 Å². The smallest absolute Gasteiger partial charge is 0.259 e. The van der Waals surface area contributed by atoms with E-state index in [0.717, 1.165) is 4.47 Å². The molecule has 0 saturated heterocycles. The van der Waals surface area contributed by atoms with E-state index in [9.17, 15) is 4.79 Å². The summed E-state index contributed by atoms with van der Waals surface area (Å²) in [5.74, 6) is 0.317. The molecule has 1 aromatic rings. The van der Waals surface area contributed by atoms with Crippen LogP contribution in [0.25, 0.3) is 0 Å². The van der Waals surface area contributed by atoms with Crippen LogP contribution in [0.2, 0.25) is 0 Å². The molecule has 0 aliphatic heterocycles. The molecule has 0 aliphatic carbocycles. The fraction of sp³-hybridized carbons (Fsp3) is 0.429. The summed E-state index contributed by atoms with van der Waals surface area (Å²) in [5, 5.41) is 11.8. The van der Waals surface area contributed by atoms with Gasteiger partial charge in [0, 0.05) is 4.47 Å². The highest BCUT2D eigenvalue weighted by Gasteiger charge is 2.29. The van der Waals surface area contributed by atoms with Crippen molar-refractivity contribution in [2.45, 2.75) is 26.3 Å². The molecule has 0 saturated carbocycles. The molecule has 1 amide bonds. The third kappa shape index (κ3) is 4.56. The summed E-state index contributed by atoms with van der Waals surface area (Å²) in [6, 6.07) is 9.36. The number of nitrogens with zero attached hydrogens (tertiary/aromatic N) is 1. The summed E-state index contributed by atoms with van der Waals surface area (Å²) < 4.78 is 6.25. The first-order valence-corrected chi connectivity index (χ1v) is 6.77. The van der Waals surface area contributed by atoms with Crippen molar-refractivity contribution in [1.29, 1.82) is 5.26 Å². The molecule has 19 heavy (non-hydrogen) atoms. The number of hydrogen-bond acceptors (Lipinski definition) is 3. The first-order chi connectivity index (χ1) is 8.87. The number of amides is 1. The second kappa shape index (κ2) is 6.58. The molecular weight excluding hydrogens is 308 g/mol. The van der Waals surface area contributed by atoms with E-state index in [0.29, 0.717) is 5.75 Å². The number of ether oxygens (including phenoxy) is 1. The Kier molecular flexibility index (Phi) is 5.37. The van der Waals surface area contributed by atoms with Gasteiger partial charge in [0.2, 0.25) is 0 Å². The van der Waals surface area contributed by atoms with Gasteiger partial charge in [0.15, 0.2) is 6.61 Å². The standard InChI is InChI=1S/C14H17BrN2O2/c1-10(2)14(3,9-16)17-13(18)8-19-12-6-4-5-11(15)7-12/h4-7,10H,8H2,1-3H3,(H,17,18). The summed E-state index contributed by atoms with van der Waals surface area (Å²) in [6.45, 7) is 5.37. The number of nitrogens with one attached hydrogen (secondary N) is 1. The van der Waals surface area contributed by atoms with Crippen molar-refractivity contribution < 1.29 is 9.53 Å². The molecule has 1 atom stereocenters. The van der Waals surface area contributed by atoms with Gasteiger partial charge in [0.1, 0.15) is 11.3 Å². The Morgan fingerprint density at radius 2 is 2.26 bits per heavy atom. The van der Waals surface area contributed by atoms with Crippen LogP contribution < -0.4 is 10.1 Å². The number of rotatable bonds is 5. The van der Waals surface area contributed by atoms with Crippen molar-refractivity contribution in [3.05, 3.63) is 28.7 Å². The van der Waals surface area contributed by atoms with Crippen molar-refractivity contribution in [2.75, 3.05) is 6.61 Å². The molecule has 1 N–H and O–H groups in total. The lowest BCUT2D eigenvalue weighted by Gasteiger charge is -2.27. The Labute approximate surface area is 121 Å². The topological polar surface area (TPSA) is 62.1 Å². The van der Waals surface area contributed by atoms with Gasteiger partial charge in [-0.05, 0) is 31.0 Å². The van der Waals surface area contributed by atoms with Crippen molar-refractivity contribution in [3.8, 4) is 11.8 Å². The molecule has 4 nitrogen and oxygen atoms in total. The summed E-state index contributed by atoms with van der Waals surface area (Å²) in [7, 11) is 0. The molecule has 5 heteroatoms. The van der Waals surface area contributed by atoms with Crippen LogP contribution in [0.1, 0.15) is 20.8 Å². The van der Waals surface area contributed by atoms with Gasteiger partial charge in [-0.1, -0.05) is 35.8 Å². The highest BCUT2D eigenvalue weighted by atomic mass is 79.9. The second-order valence-electron chi connectivity index (χ2n) is 4.76. The lowest BCUT2D eigenvalue weighted by Crippen LogP contribution is -2.50. The minimum absolute atomic E-state index is 0.0207. The van der Waals surface area contributed by atoms with Crippen LogP contribution >= 0.6 is 15.9 Å². The largest absolute Gasteiger partial charge is 0.484 e. The van der Waals surface area contributed by atoms with Crippen molar-refractivity contribution in [2.24, 2.45) is 5.92 Å². The van der Waals surface area contributed by atoms with Gasteiger partial charge in [-0.15, -0.1) is 0 Å². The molecule has 0 spiro atoms. The zero-order valence-corrected chi connectivity index (χ0v) is 12.8. The Morgan fingerprint density at radius 3 is 2.79 bits per heavy atom. The normalized spacial score (nSPS) is 13.5. The molecule has 1 aromatic carbocycles. The number of halogens is 1. The Bertz CT molecular complexity index is 496. The summed E-state index contributed by atoms with van der Waals surface area (Å²) in [4.78, 5) is 11.8. The zero-order valence-electron chi connectivity index (χ0n) is 11.2. The van der Waals surface area contributed by atoms with Crippen LogP contribution in [-0.2, 0) is 4.79 Å². The molecule has 0 radical (unpaired) electrons. The Balaban J connectivity index is 2.55. The molecule has 0 heterocycles. The lowest BCUT2D eigenvalue weighted by molar-refractivity contribution is -0.124. The number of benzene rings is 1. The summed E-state index contributed by atoms with van der Waals surface area (Å²) in [5.41, 5.74) is -0.877. The van der Waals surface area contributed by atoms with Gasteiger partial charge < -0.3 is 10.1 Å². The van der Waals surface area contributed by atoms with Gasteiger partial charge in [-0.2, -0.15) is 5.26 Å². The molecular formula is C14H17BrN2O2. The van der Waals surface area contributed by atoms with Gasteiger partial charge in [-0.3, -0.25) is 4.79 Å². The molecule has 0 aromatic heterocycles. The van der Waals surface area contributed by atoms with Gasteiger partial charge in [-0.25, -0.2) is 0 Å². The third-order valence-electron chi connectivity index (χ3n) is 2.95. The Hall–Kier alpha value is -1.54. The fourth-order valence-electron chi connectivity index (χ4n) is 1.33. The predicted octanol–water partition coefficient (Wildman–Crippen LogP) is 2.88. The number of nitriles is 1. The van der Waals surface area contributed by atoms with E-state index in [-0.39, 0.29) is 18.4 Å². The van der Waals surface area contributed by atoms with Gasteiger partial charge in [0.05, 0.1) is 6.07 Å². The maximum Gasteiger partial charge on any atom is 0.259 e. The number of carbonyl (C=O) groups is 1. The minimum Gasteiger partial charge on any atom is -0.484 e. The molecule has 1 rings (SSSR count). The second-order valence-corrected chi connectivity index (χ2v) is 5.68. The van der Waals surface area contributed by atoms with Crippen LogP contribution in [0, 0.1) is 17.2 Å². The van der Waals surface area contributed by atoms with E-state index >= 15 is 0 Å². The SMILES string of the molecule is CC(C)C(C)(C#N)NC(=O)COc1cccc(Br)c1. The fourth-order valence-corrected chi connectivity index (χ4v) is 1.71. The first-order valence-electron chi connectivity index (χ1n) is 5.98. The quantitative estimate of drug-likeness (QED) is 0.905. The summed E-state index contributed by atoms with van der Waals surface area (Å²) in [6.07, 6.45) is 0. The minimum atomic E-state index is -0.877. The summed E-state index contributed by atoms with van der Waals surface area (Å²) >= 11 is 3.32. The van der Waals surface area contributed by atoms with E-state index in [1.807, 2.05) is 26.0 Å². The maximum atomic E-state index is 11.8. The molecule has 1 unspecified atom stereocenters. The highest BCUT2D eigenvalue weighted by Crippen LogP contribution is 2.18. The first kappa shape index (κ1) is 15.5. The van der Waals surface area contributed by atoms with Crippen molar-refractivity contribution >= 4 is 21.8 Å². The lowest BCUT2D eigenvalue weighted by atomic mass is 9.90. The van der Waals surface area contributed by atoms with Crippen LogP contribution in [0.4, 0.5) is 0 Å². The van der Waals surface area contributed by atoms with E-state index in [2.05, 4.69) is 27.3 Å². The van der Waals surface area contributed by atoms with Gasteiger partial charge >= 0.3 is 0 Å². The molecule has 0 fully saturated rings. The van der Waals surface area contributed by atoms with Crippen LogP contribution in [-0.4, -0.2) is 18.1 Å². The molecule has 0 bridgehead atoms. The van der Waals surface area contributed by atoms with Gasteiger partial charge in [0.25, 0.3) is 5.91 Å². The van der Waals surface area contributed by atoms with Crippen molar-refractivity contribution in [3.63, 3.8) is 0 Å². The predicted molar refractivity (Wildman–Crippen MR) is 76.6 cm³/mol. The average Bonchev–Trinajstić information content (AvgIpc) is 2.36. The highest BCUT2D eigenvalue weighted by molar-refractivity contribution is 9.10. The van der Waals surface area contributed by atoms with E-state index in [1.54, 1.807) is 19.1 Å². The maximum absolute atomic E-state index is 11.8. The average molecular weight is 325 g/mol. The molecule has 102 valence electrons. The van der Waals surface area contributed by atoms with Crippen molar-refractivity contribution in [1.82, 2.24) is 5.32 Å². The van der Waals surface area contributed by atoms with E-state index < -0.39 is 5.54 Å². The molecule has 0 aliphatic rings. The monoisotopic (exact) mass is 324 g/mol.